The third kappa shape index (κ3) is 2.82. The zero-order valence-electron chi connectivity index (χ0n) is 9.77. The Kier molecular flexibility index (Phi) is 3.74. The van der Waals surface area contributed by atoms with Gasteiger partial charge in [-0.15, -0.1) is 0 Å². The second-order valence-electron chi connectivity index (χ2n) is 4.03. The Labute approximate surface area is 105 Å². The molecule has 1 amide bonds. The molecular formula is C13H16N2OS. The summed E-state index contributed by atoms with van der Waals surface area (Å²) in [6, 6.07) is 5.95. The highest BCUT2D eigenvalue weighted by atomic mass is 32.2. The number of anilines is 1. The van der Waals surface area contributed by atoms with Gasteiger partial charge in [-0.05, 0) is 25.0 Å². The van der Waals surface area contributed by atoms with Crippen molar-refractivity contribution in [1.29, 1.82) is 0 Å². The van der Waals surface area contributed by atoms with Crippen molar-refractivity contribution >= 4 is 28.8 Å². The maximum Gasteiger partial charge on any atom is 0.279 e. The summed E-state index contributed by atoms with van der Waals surface area (Å²) in [5.74, 6) is 0. The smallest absolute Gasteiger partial charge is 0.279 e. The van der Waals surface area contributed by atoms with Gasteiger partial charge in [0.25, 0.3) is 5.24 Å². The van der Waals surface area contributed by atoms with E-state index in [1.165, 1.54) is 17.3 Å². The number of thioether (sulfide) groups is 1. The predicted octanol–water partition coefficient (Wildman–Crippen LogP) is 2.67. The topological polar surface area (TPSA) is 55.1 Å². The molecule has 1 atom stereocenters. The van der Waals surface area contributed by atoms with Gasteiger partial charge in [-0.1, -0.05) is 36.0 Å². The zero-order valence-corrected chi connectivity index (χ0v) is 10.6. The number of nitrogens with one attached hydrogen (secondary N) is 1. The van der Waals surface area contributed by atoms with E-state index in [0.717, 1.165) is 24.2 Å². The largest absolute Gasteiger partial charge is 0.398 e. The van der Waals surface area contributed by atoms with Crippen molar-refractivity contribution in [1.82, 2.24) is 5.32 Å². The molecule has 3 N–H and O–H groups in total. The van der Waals surface area contributed by atoms with Crippen molar-refractivity contribution in [3.63, 3.8) is 0 Å². The fourth-order valence-electron chi connectivity index (χ4n) is 1.97. The molecule has 1 fully saturated rings. The lowest BCUT2D eigenvalue weighted by Crippen LogP contribution is -2.16. The highest BCUT2D eigenvalue weighted by Gasteiger charge is 2.23. The van der Waals surface area contributed by atoms with Crippen LogP contribution in [0, 0.1) is 0 Å². The van der Waals surface area contributed by atoms with Gasteiger partial charge in [0, 0.05) is 23.0 Å². The molecule has 1 saturated heterocycles. The third-order valence-corrected chi connectivity index (χ3v) is 3.78. The molecule has 0 aromatic heterocycles. The molecule has 1 unspecified atom stereocenters. The Bertz CT molecular complexity index is 457. The standard InChI is InChI=1S/C13H16N2OS/c1-2-4-11-9(5-3-6-12(11)14)7-10-8-15-13(16)17-10/h2-6,10H,7-8,14H2,1H3,(H,15,16)/b4-2-. The second-order valence-corrected chi connectivity index (χ2v) is 5.31. The molecule has 1 aliphatic heterocycles. The number of nitrogen functional groups attached to an aromatic ring is 1. The van der Waals surface area contributed by atoms with Gasteiger partial charge in [0.05, 0.1) is 0 Å². The molecule has 0 bridgehead atoms. The first kappa shape index (κ1) is 12.0. The van der Waals surface area contributed by atoms with Gasteiger partial charge in [-0.25, -0.2) is 0 Å². The minimum absolute atomic E-state index is 0.0755. The number of amides is 1. The zero-order chi connectivity index (χ0) is 12.3. The molecule has 90 valence electrons. The lowest BCUT2D eigenvalue weighted by molar-refractivity contribution is 0.262. The Morgan fingerprint density at radius 3 is 3.06 bits per heavy atom. The van der Waals surface area contributed by atoms with Crippen LogP contribution in [0.15, 0.2) is 24.3 Å². The van der Waals surface area contributed by atoms with E-state index in [-0.39, 0.29) is 5.24 Å². The summed E-state index contributed by atoms with van der Waals surface area (Å²) in [6.07, 6.45) is 4.88. The Morgan fingerprint density at radius 1 is 1.59 bits per heavy atom. The van der Waals surface area contributed by atoms with Crippen LogP contribution in [-0.2, 0) is 6.42 Å². The van der Waals surface area contributed by atoms with Crippen LogP contribution in [0.2, 0.25) is 0 Å². The Morgan fingerprint density at radius 2 is 2.41 bits per heavy atom. The maximum atomic E-state index is 11.1. The first-order valence-corrected chi connectivity index (χ1v) is 6.53. The first-order chi connectivity index (χ1) is 8.20. The number of nitrogens with two attached hydrogens (primary N) is 1. The molecule has 3 nitrogen and oxygen atoms in total. The number of hydrogen-bond donors (Lipinski definition) is 2. The van der Waals surface area contributed by atoms with Crippen LogP contribution in [0.5, 0.6) is 0 Å². The highest BCUT2D eigenvalue weighted by Crippen LogP contribution is 2.26. The van der Waals surface area contributed by atoms with Crippen molar-refractivity contribution in [2.24, 2.45) is 0 Å². The maximum absolute atomic E-state index is 11.1. The average molecular weight is 248 g/mol. The molecule has 1 heterocycles. The van der Waals surface area contributed by atoms with E-state index in [1.54, 1.807) is 0 Å². The quantitative estimate of drug-likeness (QED) is 0.809. The number of rotatable bonds is 3. The monoisotopic (exact) mass is 248 g/mol. The fourth-order valence-corrected chi connectivity index (χ4v) is 2.87. The lowest BCUT2D eigenvalue weighted by Gasteiger charge is -2.11. The lowest BCUT2D eigenvalue weighted by atomic mass is 10.0. The van der Waals surface area contributed by atoms with E-state index < -0.39 is 0 Å². The van der Waals surface area contributed by atoms with E-state index in [1.807, 2.05) is 31.2 Å². The van der Waals surface area contributed by atoms with Gasteiger partial charge in [0.1, 0.15) is 0 Å². The molecule has 1 aromatic carbocycles. The third-order valence-electron chi connectivity index (χ3n) is 2.76. The molecular weight excluding hydrogens is 232 g/mol. The first-order valence-electron chi connectivity index (χ1n) is 5.65. The normalized spacial score (nSPS) is 19.8. The number of carbonyl (C=O) groups excluding carboxylic acids is 1. The van der Waals surface area contributed by atoms with Crippen LogP contribution in [0.3, 0.4) is 0 Å². The summed E-state index contributed by atoms with van der Waals surface area (Å²) in [6.45, 7) is 2.72. The Balaban J connectivity index is 2.20. The molecule has 1 aliphatic rings. The van der Waals surface area contributed by atoms with Crippen molar-refractivity contribution in [2.75, 3.05) is 12.3 Å². The number of hydrogen-bond acceptors (Lipinski definition) is 3. The molecule has 0 radical (unpaired) electrons. The van der Waals surface area contributed by atoms with Crippen molar-refractivity contribution in [3.05, 3.63) is 35.4 Å². The van der Waals surface area contributed by atoms with Gasteiger partial charge >= 0.3 is 0 Å². The summed E-state index contributed by atoms with van der Waals surface area (Å²) >= 11 is 1.38. The summed E-state index contributed by atoms with van der Waals surface area (Å²) in [7, 11) is 0. The van der Waals surface area contributed by atoms with Crippen LogP contribution >= 0.6 is 11.8 Å². The van der Waals surface area contributed by atoms with Crippen LogP contribution in [0.25, 0.3) is 6.08 Å². The van der Waals surface area contributed by atoms with Crippen LogP contribution < -0.4 is 11.1 Å². The molecule has 0 saturated carbocycles. The van der Waals surface area contributed by atoms with Gasteiger partial charge in [-0.3, -0.25) is 4.79 Å². The van der Waals surface area contributed by atoms with E-state index >= 15 is 0 Å². The second kappa shape index (κ2) is 5.27. The molecule has 0 spiro atoms. The van der Waals surface area contributed by atoms with Gasteiger partial charge in [0.2, 0.25) is 0 Å². The molecule has 2 rings (SSSR count). The van der Waals surface area contributed by atoms with E-state index in [9.17, 15) is 4.79 Å². The van der Waals surface area contributed by atoms with Crippen molar-refractivity contribution in [2.45, 2.75) is 18.6 Å². The number of carbonyl (C=O) groups is 1. The number of benzene rings is 1. The molecule has 0 aliphatic carbocycles. The van der Waals surface area contributed by atoms with Gasteiger partial charge < -0.3 is 11.1 Å². The van der Waals surface area contributed by atoms with E-state index in [0.29, 0.717) is 5.25 Å². The summed E-state index contributed by atoms with van der Waals surface area (Å²) < 4.78 is 0. The molecule has 1 aromatic rings. The summed E-state index contributed by atoms with van der Waals surface area (Å²) in [4.78, 5) is 11.1. The fraction of sp³-hybridized carbons (Fsp3) is 0.308. The van der Waals surface area contributed by atoms with Crippen LogP contribution in [0.4, 0.5) is 10.5 Å². The van der Waals surface area contributed by atoms with Gasteiger partial charge in [0.15, 0.2) is 0 Å². The van der Waals surface area contributed by atoms with Crippen LogP contribution in [0.1, 0.15) is 18.1 Å². The minimum atomic E-state index is 0.0755. The average Bonchev–Trinajstić information content (AvgIpc) is 2.69. The highest BCUT2D eigenvalue weighted by molar-refractivity contribution is 8.14. The SMILES string of the molecule is C/C=C\c1c(N)cccc1CC1CNC(=O)S1. The summed E-state index contributed by atoms with van der Waals surface area (Å²) in [5.41, 5.74) is 9.05. The summed E-state index contributed by atoms with van der Waals surface area (Å²) in [5, 5.41) is 3.22. The van der Waals surface area contributed by atoms with E-state index in [2.05, 4.69) is 11.4 Å². The van der Waals surface area contributed by atoms with Crippen LogP contribution in [-0.4, -0.2) is 17.0 Å². The Hall–Kier alpha value is -1.42. The van der Waals surface area contributed by atoms with Gasteiger partial charge in [-0.2, -0.15) is 0 Å². The predicted molar refractivity (Wildman–Crippen MR) is 74.0 cm³/mol. The van der Waals surface area contributed by atoms with Crippen molar-refractivity contribution in [3.8, 4) is 0 Å². The molecule has 17 heavy (non-hydrogen) atoms. The number of allylic oxidation sites excluding steroid dienone is 1. The molecule has 4 heteroatoms. The van der Waals surface area contributed by atoms with E-state index in [4.69, 9.17) is 5.73 Å². The van der Waals surface area contributed by atoms with Crippen molar-refractivity contribution < 1.29 is 4.79 Å². The minimum Gasteiger partial charge on any atom is -0.398 e.